The van der Waals surface area contributed by atoms with E-state index in [4.69, 9.17) is 14.2 Å². The number of methoxy groups -OCH3 is 2. The van der Waals surface area contributed by atoms with E-state index in [0.717, 1.165) is 11.5 Å². The molecule has 0 atom stereocenters. The fourth-order valence-electron chi connectivity index (χ4n) is 3.20. The third-order valence-electron chi connectivity index (χ3n) is 4.83. The van der Waals surface area contributed by atoms with Gasteiger partial charge in [-0.1, -0.05) is 6.07 Å². The summed E-state index contributed by atoms with van der Waals surface area (Å²) in [5, 5.41) is 3.34. The fraction of sp³-hybridized carbons (Fsp3) is 0.650. The maximum atomic E-state index is 12.5. The van der Waals surface area contributed by atoms with Crippen LogP contribution in [0.3, 0.4) is 0 Å². The number of aliphatic imine (C=N–C) groups is 1. The molecule has 0 unspecified atom stereocenters. The average Bonchev–Trinajstić information content (AvgIpc) is 2.74. The van der Waals surface area contributed by atoms with Crippen LogP contribution in [0.4, 0.5) is 0 Å². The molecule has 1 N–H and O–H groups in total. The van der Waals surface area contributed by atoms with Crippen molar-refractivity contribution in [1.29, 1.82) is 0 Å². The van der Waals surface area contributed by atoms with Crippen molar-refractivity contribution in [2.24, 2.45) is 4.99 Å². The maximum Gasteiger partial charge on any atom is 0.216 e. The molecule has 1 aromatic carbocycles. The van der Waals surface area contributed by atoms with Crippen molar-refractivity contribution >= 4 is 16.0 Å². The monoisotopic (exact) mass is 442 g/mol. The fourth-order valence-corrected chi connectivity index (χ4v) is 4.48. The molecule has 1 saturated heterocycles. The van der Waals surface area contributed by atoms with Crippen LogP contribution in [0.25, 0.3) is 0 Å². The summed E-state index contributed by atoms with van der Waals surface area (Å²) in [4.78, 5) is 6.41. The molecular weight excluding hydrogens is 408 g/mol. The summed E-state index contributed by atoms with van der Waals surface area (Å²) in [5.41, 5.74) is 1.03. The molecule has 1 aromatic rings. The van der Waals surface area contributed by atoms with Gasteiger partial charge in [0.25, 0.3) is 0 Å². The first-order valence-corrected chi connectivity index (χ1v) is 11.7. The number of nitrogens with one attached hydrogen (secondary N) is 1. The van der Waals surface area contributed by atoms with Crippen LogP contribution in [0, 0.1) is 0 Å². The van der Waals surface area contributed by atoms with E-state index >= 15 is 0 Å². The lowest BCUT2D eigenvalue weighted by molar-refractivity contribution is 0.0904. The van der Waals surface area contributed by atoms with Crippen LogP contribution in [0.1, 0.15) is 19.4 Å². The third-order valence-corrected chi connectivity index (χ3v) is 6.67. The van der Waals surface area contributed by atoms with Crippen LogP contribution in [-0.4, -0.2) is 89.5 Å². The Morgan fingerprint density at radius 3 is 2.37 bits per heavy atom. The summed E-state index contributed by atoms with van der Waals surface area (Å²) in [6.45, 7) is 6.60. The molecule has 30 heavy (non-hydrogen) atoms. The van der Waals surface area contributed by atoms with Crippen LogP contribution in [-0.2, 0) is 21.3 Å². The first-order valence-electron chi connectivity index (χ1n) is 10.1. The van der Waals surface area contributed by atoms with E-state index in [1.165, 1.54) is 4.31 Å². The number of hydrogen-bond acceptors (Lipinski definition) is 6. The molecule has 1 aliphatic heterocycles. The zero-order chi connectivity index (χ0) is 22.1. The number of rotatable bonds is 9. The predicted octanol–water partition coefficient (Wildman–Crippen LogP) is 1.15. The van der Waals surface area contributed by atoms with Crippen LogP contribution in [0.5, 0.6) is 11.5 Å². The van der Waals surface area contributed by atoms with Crippen molar-refractivity contribution in [3.63, 3.8) is 0 Å². The van der Waals surface area contributed by atoms with Gasteiger partial charge in [-0.2, -0.15) is 4.31 Å². The quantitative estimate of drug-likeness (QED) is 0.453. The Morgan fingerprint density at radius 1 is 1.13 bits per heavy atom. The summed E-state index contributed by atoms with van der Waals surface area (Å²) in [5.74, 6) is 2.11. The zero-order valence-corrected chi connectivity index (χ0v) is 19.4. The Kier molecular flexibility index (Phi) is 9.19. The lowest BCUT2D eigenvalue weighted by atomic mass is 10.2. The van der Waals surface area contributed by atoms with E-state index in [2.05, 4.69) is 15.2 Å². The molecule has 2 rings (SSSR count). The van der Waals surface area contributed by atoms with Gasteiger partial charge in [0.2, 0.25) is 10.0 Å². The van der Waals surface area contributed by atoms with E-state index in [1.54, 1.807) is 21.3 Å². The highest BCUT2D eigenvalue weighted by Crippen LogP contribution is 2.27. The second-order valence-electron chi connectivity index (χ2n) is 7.21. The summed E-state index contributed by atoms with van der Waals surface area (Å²) < 4.78 is 42.5. The second-order valence-corrected chi connectivity index (χ2v) is 9.30. The molecule has 1 aliphatic rings. The van der Waals surface area contributed by atoms with Gasteiger partial charge in [-0.15, -0.1) is 0 Å². The van der Waals surface area contributed by atoms with Crippen LogP contribution < -0.4 is 14.8 Å². The van der Waals surface area contributed by atoms with Crippen molar-refractivity contribution in [2.45, 2.75) is 26.5 Å². The lowest BCUT2D eigenvalue weighted by Crippen LogP contribution is -2.54. The number of hydrogen-bond donors (Lipinski definition) is 1. The molecule has 10 heteroatoms. The third kappa shape index (κ3) is 6.75. The van der Waals surface area contributed by atoms with Crippen molar-refractivity contribution in [2.75, 3.05) is 59.8 Å². The molecular formula is C20H34N4O5S. The predicted molar refractivity (Wildman–Crippen MR) is 118 cm³/mol. The molecule has 0 aromatic heterocycles. The molecule has 0 spiro atoms. The second kappa shape index (κ2) is 11.4. The Bertz CT molecular complexity index is 805. The standard InChI is InChI=1S/C20H34N4O5S/c1-16(2)29-12-13-30(25,26)24-10-8-23(9-11-24)20(21-3)22-15-17-6-7-18(27-4)19(14-17)28-5/h6-7,14,16H,8-13,15H2,1-5H3,(H,21,22). The van der Waals surface area contributed by atoms with Gasteiger partial charge in [0.05, 0.1) is 32.7 Å². The molecule has 1 fully saturated rings. The average molecular weight is 443 g/mol. The highest BCUT2D eigenvalue weighted by molar-refractivity contribution is 7.89. The van der Waals surface area contributed by atoms with Crippen molar-refractivity contribution in [1.82, 2.24) is 14.5 Å². The van der Waals surface area contributed by atoms with E-state index in [0.29, 0.717) is 44.2 Å². The van der Waals surface area contributed by atoms with Gasteiger partial charge in [-0.05, 0) is 31.5 Å². The summed E-state index contributed by atoms with van der Waals surface area (Å²) in [6.07, 6.45) is 0.0251. The minimum Gasteiger partial charge on any atom is -0.493 e. The van der Waals surface area contributed by atoms with Gasteiger partial charge in [0, 0.05) is 39.8 Å². The van der Waals surface area contributed by atoms with Crippen LogP contribution >= 0.6 is 0 Å². The van der Waals surface area contributed by atoms with E-state index in [1.807, 2.05) is 32.0 Å². The number of nitrogens with zero attached hydrogens (tertiary/aromatic N) is 3. The van der Waals surface area contributed by atoms with E-state index in [-0.39, 0.29) is 18.5 Å². The summed E-state index contributed by atoms with van der Waals surface area (Å²) >= 11 is 0. The highest BCUT2D eigenvalue weighted by Gasteiger charge is 2.28. The van der Waals surface area contributed by atoms with Gasteiger partial charge >= 0.3 is 0 Å². The largest absolute Gasteiger partial charge is 0.493 e. The highest BCUT2D eigenvalue weighted by atomic mass is 32.2. The van der Waals surface area contributed by atoms with E-state index < -0.39 is 10.0 Å². The van der Waals surface area contributed by atoms with Crippen molar-refractivity contribution < 1.29 is 22.6 Å². The Hall–Kier alpha value is -2.04. The number of sulfonamides is 1. The van der Waals surface area contributed by atoms with Crippen molar-refractivity contribution in [3.8, 4) is 11.5 Å². The number of guanidine groups is 1. The smallest absolute Gasteiger partial charge is 0.216 e. The molecule has 9 nitrogen and oxygen atoms in total. The number of benzene rings is 1. The first-order chi connectivity index (χ1) is 14.3. The SMILES string of the molecule is CN=C(NCc1ccc(OC)c(OC)c1)N1CCN(S(=O)(=O)CCOC(C)C)CC1. The normalized spacial score (nSPS) is 16.1. The van der Waals surface area contributed by atoms with Gasteiger partial charge < -0.3 is 24.4 Å². The topological polar surface area (TPSA) is 92.7 Å². The Balaban J connectivity index is 1.88. The lowest BCUT2D eigenvalue weighted by Gasteiger charge is -2.35. The minimum atomic E-state index is -3.31. The van der Waals surface area contributed by atoms with Gasteiger partial charge in [-0.25, -0.2) is 8.42 Å². The molecule has 0 bridgehead atoms. The summed E-state index contributed by atoms with van der Waals surface area (Å²) in [6, 6.07) is 5.75. The summed E-state index contributed by atoms with van der Waals surface area (Å²) in [7, 11) is 1.63. The van der Waals surface area contributed by atoms with Crippen LogP contribution in [0.15, 0.2) is 23.2 Å². The molecule has 0 radical (unpaired) electrons. The molecule has 0 amide bonds. The van der Waals surface area contributed by atoms with Gasteiger partial charge in [0.15, 0.2) is 17.5 Å². The van der Waals surface area contributed by atoms with Crippen molar-refractivity contribution in [3.05, 3.63) is 23.8 Å². The maximum absolute atomic E-state index is 12.5. The molecule has 0 aliphatic carbocycles. The Labute approximate surface area is 180 Å². The number of ether oxygens (including phenoxy) is 3. The van der Waals surface area contributed by atoms with Gasteiger partial charge in [-0.3, -0.25) is 4.99 Å². The zero-order valence-electron chi connectivity index (χ0n) is 18.6. The van der Waals surface area contributed by atoms with Crippen LogP contribution in [0.2, 0.25) is 0 Å². The Morgan fingerprint density at radius 2 is 1.80 bits per heavy atom. The number of piperazine rings is 1. The van der Waals surface area contributed by atoms with Gasteiger partial charge in [0.1, 0.15) is 0 Å². The molecule has 170 valence electrons. The minimum absolute atomic E-state index is 0.0114. The van der Waals surface area contributed by atoms with E-state index in [9.17, 15) is 8.42 Å². The first kappa shape index (κ1) is 24.2. The molecule has 1 heterocycles. The molecule has 0 saturated carbocycles.